The van der Waals surface area contributed by atoms with Crippen LogP contribution in [0.3, 0.4) is 0 Å². The molecular formula is C16H23NO4. The molecular weight excluding hydrogens is 270 g/mol. The van der Waals surface area contributed by atoms with Gasteiger partial charge in [-0.25, -0.2) is 0 Å². The van der Waals surface area contributed by atoms with E-state index >= 15 is 0 Å². The molecule has 1 amide bonds. The van der Waals surface area contributed by atoms with E-state index in [1.165, 1.54) is 0 Å². The fourth-order valence-electron chi connectivity index (χ4n) is 2.68. The Morgan fingerprint density at radius 2 is 1.81 bits per heavy atom. The van der Waals surface area contributed by atoms with Crippen LogP contribution in [-0.2, 0) is 4.79 Å². The molecule has 0 aromatic heterocycles. The first-order valence-corrected chi connectivity index (χ1v) is 7.29. The molecule has 0 aliphatic carbocycles. The molecule has 1 heterocycles. The highest BCUT2D eigenvalue weighted by molar-refractivity contribution is 5.77. The van der Waals surface area contributed by atoms with Crippen molar-refractivity contribution < 1.29 is 19.4 Å². The summed E-state index contributed by atoms with van der Waals surface area (Å²) in [4.78, 5) is 14.1. The van der Waals surface area contributed by atoms with Crippen LogP contribution in [-0.4, -0.2) is 34.8 Å². The summed E-state index contributed by atoms with van der Waals surface area (Å²) in [6, 6.07) is 5.48. The maximum Gasteiger partial charge on any atom is 0.231 e. The number of aliphatic hydroxyl groups excluding tert-OH is 1. The summed E-state index contributed by atoms with van der Waals surface area (Å²) in [5.41, 5.74) is 0.667. The van der Waals surface area contributed by atoms with E-state index in [9.17, 15) is 9.90 Å². The number of aliphatic hydroxyl groups is 1. The highest BCUT2D eigenvalue weighted by Gasteiger charge is 2.24. The Morgan fingerprint density at radius 3 is 2.43 bits per heavy atom. The lowest BCUT2D eigenvalue weighted by Crippen LogP contribution is -2.42. The zero-order chi connectivity index (χ0) is 15.6. The molecule has 1 aromatic rings. The minimum Gasteiger partial charge on any atom is -0.454 e. The maximum absolute atomic E-state index is 12.4. The van der Waals surface area contributed by atoms with E-state index in [2.05, 4.69) is 0 Å². The first-order valence-electron chi connectivity index (χ1n) is 7.29. The van der Waals surface area contributed by atoms with Crippen LogP contribution in [0.25, 0.3) is 0 Å². The number of carbonyl (C=O) groups excluding carboxylic acids is 1. The van der Waals surface area contributed by atoms with E-state index in [4.69, 9.17) is 9.47 Å². The first-order chi connectivity index (χ1) is 9.90. The molecule has 116 valence electrons. The second-order valence-corrected chi connectivity index (χ2v) is 5.82. The quantitative estimate of drug-likeness (QED) is 0.906. The molecule has 2 rings (SSSR count). The number of carbonyl (C=O) groups is 1. The maximum atomic E-state index is 12.4. The van der Waals surface area contributed by atoms with Crippen LogP contribution in [0.1, 0.15) is 45.8 Å². The van der Waals surface area contributed by atoms with Crippen LogP contribution in [0.4, 0.5) is 0 Å². The molecule has 5 heteroatoms. The zero-order valence-electron chi connectivity index (χ0n) is 13.0. The summed E-state index contributed by atoms with van der Waals surface area (Å²) in [5.74, 6) is 1.23. The third kappa shape index (κ3) is 3.47. The second-order valence-electron chi connectivity index (χ2n) is 5.82. The SMILES string of the molecule is CC(C)N(C(=O)C[C@H](O)c1ccc2c(c1)OCO2)C(C)C. The highest BCUT2D eigenvalue weighted by atomic mass is 16.7. The van der Waals surface area contributed by atoms with E-state index in [0.29, 0.717) is 17.1 Å². The zero-order valence-corrected chi connectivity index (χ0v) is 13.0. The number of hydrogen-bond donors (Lipinski definition) is 1. The number of hydrogen-bond acceptors (Lipinski definition) is 4. The van der Waals surface area contributed by atoms with Gasteiger partial charge in [0.1, 0.15) is 0 Å². The Hall–Kier alpha value is -1.75. The normalized spacial score (nSPS) is 14.6. The monoisotopic (exact) mass is 293 g/mol. The van der Waals surface area contributed by atoms with Gasteiger partial charge in [0, 0.05) is 12.1 Å². The van der Waals surface area contributed by atoms with Crippen LogP contribution in [0, 0.1) is 0 Å². The summed E-state index contributed by atoms with van der Waals surface area (Å²) in [7, 11) is 0. The predicted molar refractivity (Wildman–Crippen MR) is 79.3 cm³/mol. The van der Waals surface area contributed by atoms with Crippen molar-refractivity contribution in [2.75, 3.05) is 6.79 Å². The number of ether oxygens (including phenoxy) is 2. The Balaban J connectivity index is 2.07. The third-order valence-electron chi connectivity index (χ3n) is 3.55. The molecule has 1 N–H and O–H groups in total. The number of fused-ring (bicyclic) bond motifs is 1. The summed E-state index contributed by atoms with van der Waals surface area (Å²) < 4.78 is 10.5. The van der Waals surface area contributed by atoms with Gasteiger partial charge in [0.15, 0.2) is 11.5 Å². The number of nitrogens with zero attached hydrogens (tertiary/aromatic N) is 1. The van der Waals surface area contributed by atoms with Crippen molar-refractivity contribution in [2.45, 2.75) is 52.3 Å². The molecule has 0 saturated carbocycles. The Morgan fingerprint density at radius 1 is 1.19 bits per heavy atom. The lowest BCUT2D eigenvalue weighted by atomic mass is 10.0. The van der Waals surface area contributed by atoms with Crippen LogP contribution in [0.15, 0.2) is 18.2 Å². The van der Waals surface area contributed by atoms with Gasteiger partial charge in [-0.1, -0.05) is 6.07 Å². The number of amides is 1. The third-order valence-corrected chi connectivity index (χ3v) is 3.55. The van der Waals surface area contributed by atoms with Gasteiger partial charge in [0.2, 0.25) is 12.7 Å². The molecule has 0 radical (unpaired) electrons. The molecule has 5 nitrogen and oxygen atoms in total. The lowest BCUT2D eigenvalue weighted by molar-refractivity contribution is -0.136. The van der Waals surface area contributed by atoms with Crippen molar-refractivity contribution in [3.63, 3.8) is 0 Å². The van der Waals surface area contributed by atoms with Crippen LogP contribution >= 0.6 is 0 Å². The Labute approximate surface area is 125 Å². The van der Waals surface area contributed by atoms with Gasteiger partial charge in [-0.05, 0) is 45.4 Å². The topological polar surface area (TPSA) is 59.0 Å². The first kappa shape index (κ1) is 15.6. The average molecular weight is 293 g/mol. The predicted octanol–water partition coefficient (Wildman–Crippen LogP) is 2.48. The highest BCUT2D eigenvalue weighted by Crippen LogP contribution is 2.34. The second kappa shape index (κ2) is 6.35. The minimum absolute atomic E-state index is 0.0508. The van der Waals surface area contributed by atoms with E-state index < -0.39 is 6.10 Å². The molecule has 0 unspecified atom stereocenters. The van der Waals surface area contributed by atoms with Crippen molar-refractivity contribution in [3.05, 3.63) is 23.8 Å². The van der Waals surface area contributed by atoms with Crippen molar-refractivity contribution >= 4 is 5.91 Å². The number of benzene rings is 1. The van der Waals surface area contributed by atoms with Gasteiger partial charge in [-0.3, -0.25) is 4.79 Å². The average Bonchev–Trinajstić information content (AvgIpc) is 2.84. The molecule has 0 bridgehead atoms. The van der Waals surface area contributed by atoms with E-state index in [-0.39, 0.29) is 31.2 Å². The van der Waals surface area contributed by atoms with E-state index in [1.807, 2.05) is 27.7 Å². The van der Waals surface area contributed by atoms with Gasteiger partial charge < -0.3 is 19.5 Å². The largest absolute Gasteiger partial charge is 0.454 e. The van der Waals surface area contributed by atoms with Crippen molar-refractivity contribution in [2.24, 2.45) is 0 Å². The molecule has 0 saturated heterocycles. The molecule has 21 heavy (non-hydrogen) atoms. The molecule has 0 spiro atoms. The summed E-state index contributed by atoms with van der Waals surface area (Å²) in [6.45, 7) is 8.10. The molecule has 1 aromatic carbocycles. The van der Waals surface area contributed by atoms with E-state index in [0.717, 1.165) is 0 Å². The minimum atomic E-state index is -0.841. The fraction of sp³-hybridized carbons (Fsp3) is 0.562. The van der Waals surface area contributed by atoms with Crippen LogP contribution in [0.2, 0.25) is 0 Å². The van der Waals surface area contributed by atoms with Gasteiger partial charge in [0.05, 0.1) is 12.5 Å². The van der Waals surface area contributed by atoms with Crippen molar-refractivity contribution in [1.29, 1.82) is 0 Å². The van der Waals surface area contributed by atoms with Crippen molar-refractivity contribution in [3.8, 4) is 11.5 Å². The molecule has 1 aliphatic rings. The summed E-state index contributed by atoms with van der Waals surface area (Å²) in [6.07, 6.45) is -0.775. The van der Waals surface area contributed by atoms with E-state index in [1.54, 1.807) is 23.1 Å². The fourth-order valence-corrected chi connectivity index (χ4v) is 2.68. The van der Waals surface area contributed by atoms with Crippen LogP contribution in [0.5, 0.6) is 11.5 Å². The van der Waals surface area contributed by atoms with Gasteiger partial charge in [-0.15, -0.1) is 0 Å². The van der Waals surface area contributed by atoms with Crippen molar-refractivity contribution in [1.82, 2.24) is 4.90 Å². The lowest BCUT2D eigenvalue weighted by Gasteiger charge is -2.31. The summed E-state index contributed by atoms with van der Waals surface area (Å²) >= 11 is 0. The van der Waals surface area contributed by atoms with Gasteiger partial charge in [-0.2, -0.15) is 0 Å². The smallest absolute Gasteiger partial charge is 0.231 e. The Kier molecular flexibility index (Phi) is 4.73. The molecule has 1 atom stereocenters. The standard InChI is InChI=1S/C16H23NO4/c1-10(2)17(11(3)4)16(19)8-13(18)12-5-6-14-15(7-12)21-9-20-14/h5-7,10-11,13,18H,8-9H2,1-4H3/t13-/m0/s1. The summed E-state index contributed by atoms with van der Waals surface area (Å²) in [5, 5.41) is 10.3. The van der Waals surface area contributed by atoms with Gasteiger partial charge in [0.25, 0.3) is 0 Å². The van der Waals surface area contributed by atoms with Crippen LogP contribution < -0.4 is 9.47 Å². The Bertz CT molecular complexity index is 505. The molecule has 1 aliphatic heterocycles. The number of rotatable bonds is 5. The van der Waals surface area contributed by atoms with Gasteiger partial charge >= 0.3 is 0 Å². The molecule has 0 fully saturated rings.